The summed E-state index contributed by atoms with van der Waals surface area (Å²) in [6.45, 7) is 0. The van der Waals surface area contributed by atoms with E-state index >= 15 is 0 Å². The Kier molecular flexibility index (Phi) is 3.87. The summed E-state index contributed by atoms with van der Waals surface area (Å²) in [6, 6.07) is 7.22. The van der Waals surface area contributed by atoms with Crippen molar-refractivity contribution in [2.75, 3.05) is 5.32 Å². The van der Waals surface area contributed by atoms with Gasteiger partial charge in [-0.05, 0) is 56.4 Å². The van der Waals surface area contributed by atoms with E-state index in [9.17, 15) is 9.90 Å². The second-order valence-corrected chi connectivity index (χ2v) is 6.14. The predicted molar refractivity (Wildman–Crippen MR) is 80.1 cm³/mol. The molecule has 3 rings (SSSR count). The molecule has 1 aromatic rings. The van der Waals surface area contributed by atoms with E-state index < -0.39 is 5.54 Å². The molecule has 2 saturated carbocycles. The summed E-state index contributed by atoms with van der Waals surface area (Å²) >= 11 is 0. The summed E-state index contributed by atoms with van der Waals surface area (Å²) in [4.78, 5) is 11.8. The Balaban J connectivity index is 1.57. The molecule has 5 nitrogen and oxygen atoms in total. The Morgan fingerprint density at radius 3 is 2.52 bits per heavy atom. The molecule has 0 radical (unpaired) electrons. The first-order chi connectivity index (χ1) is 10.1. The van der Waals surface area contributed by atoms with Crippen LogP contribution in [0.5, 0.6) is 5.75 Å². The third kappa shape index (κ3) is 3.36. The number of amides is 1. The van der Waals surface area contributed by atoms with Gasteiger partial charge in [0.1, 0.15) is 11.9 Å². The Hall–Kier alpha value is -1.59. The number of anilines is 1. The molecule has 21 heavy (non-hydrogen) atoms. The number of nitrogens with two attached hydrogens (primary N) is 1. The number of hydrogen-bond acceptors (Lipinski definition) is 4. The largest absolute Gasteiger partial charge is 0.488 e. The van der Waals surface area contributed by atoms with Crippen LogP contribution in [-0.4, -0.2) is 28.8 Å². The van der Waals surface area contributed by atoms with E-state index in [2.05, 4.69) is 5.32 Å². The van der Waals surface area contributed by atoms with Gasteiger partial charge in [0.15, 0.2) is 0 Å². The van der Waals surface area contributed by atoms with Gasteiger partial charge in [0.05, 0.1) is 11.6 Å². The van der Waals surface area contributed by atoms with Crippen LogP contribution < -0.4 is 15.8 Å². The van der Waals surface area contributed by atoms with Crippen LogP contribution in [0.3, 0.4) is 0 Å². The van der Waals surface area contributed by atoms with Gasteiger partial charge in [-0.3, -0.25) is 4.79 Å². The van der Waals surface area contributed by atoms with E-state index in [1.54, 1.807) is 12.1 Å². The molecule has 2 aliphatic carbocycles. The minimum atomic E-state index is -0.665. The quantitative estimate of drug-likeness (QED) is 0.789. The Labute approximate surface area is 124 Å². The van der Waals surface area contributed by atoms with Gasteiger partial charge in [-0.1, -0.05) is 6.42 Å². The van der Waals surface area contributed by atoms with Crippen molar-refractivity contribution < 1.29 is 14.6 Å². The first kappa shape index (κ1) is 14.4. The summed E-state index contributed by atoms with van der Waals surface area (Å²) < 4.78 is 5.82. The van der Waals surface area contributed by atoms with E-state index in [-0.39, 0.29) is 18.1 Å². The highest BCUT2D eigenvalue weighted by Gasteiger charge is 2.45. The maximum absolute atomic E-state index is 11.8. The molecule has 0 bridgehead atoms. The lowest BCUT2D eigenvalue weighted by Gasteiger charge is -2.28. The average Bonchev–Trinajstić information content (AvgIpc) is 3.23. The minimum absolute atomic E-state index is 0.126. The second-order valence-electron chi connectivity index (χ2n) is 6.14. The molecule has 0 aliphatic heterocycles. The molecule has 4 N–H and O–H groups in total. The number of carbonyl (C=O) groups is 1. The molecule has 114 valence electrons. The topological polar surface area (TPSA) is 84.6 Å². The number of hydrogen-bond donors (Lipinski definition) is 3. The molecule has 0 spiro atoms. The van der Waals surface area contributed by atoms with Gasteiger partial charge in [0.2, 0.25) is 5.91 Å². The van der Waals surface area contributed by atoms with E-state index in [4.69, 9.17) is 10.5 Å². The van der Waals surface area contributed by atoms with Gasteiger partial charge in [-0.15, -0.1) is 0 Å². The number of carbonyl (C=O) groups excluding carboxylic acids is 1. The standard InChI is InChI=1S/C16H22N2O3/c17-16(9-10-16)15(20)18-11-5-7-12(8-6-11)21-14-4-2-1-3-13(14)19/h5-8,13-14,19H,1-4,9-10,17H2,(H,18,20). The van der Waals surface area contributed by atoms with Crippen LogP contribution in [-0.2, 0) is 4.79 Å². The normalized spacial score (nSPS) is 27.0. The molecule has 0 aromatic heterocycles. The van der Waals surface area contributed by atoms with Crippen LogP contribution in [0.15, 0.2) is 24.3 Å². The van der Waals surface area contributed by atoms with Crippen molar-refractivity contribution in [1.82, 2.24) is 0 Å². The fourth-order valence-electron chi connectivity index (χ4n) is 2.62. The van der Waals surface area contributed by atoms with Crippen LogP contribution in [0.4, 0.5) is 5.69 Å². The molecule has 0 saturated heterocycles. The molecule has 0 heterocycles. The van der Waals surface area contributed by atoms with E-state index in [0.717, 1.165) is 38.5 Å². The Morgan fingerprint density at radius 2 is 1.90 bits per heavy atom. The fourth-order valence-corrected chi connectivity index (χ4v) is 2.62. The highest BCUT2D eigenvalue weighted by Crippen LogP contribution is 2.33. The highest BCUT2D eigenvalue weighted by atomic mass is 16.5. The van der Waals surface area contributed by atoms with Crippen molar-refractivity contribution in [2.24, 2.45) is 5.73 Å². The lowest BCUT2D eigenvalue weighted by Crippen LogP contribution is -2.37. The smallest absolute Gasteiger partial charge is 0.244 e. The zero-order valence-electron chi connectivity index (χ0n) is 12.0. The first-order valence-electron chi connectivity index (χ1n) is 7.62. The number of benzene rings is 1. The predicted octanol–water partition coefficient (Wildman–Crippen LogP) is 1.80. The van der Waals surface area contributed by atoms with Crippen molar-refractivity contribution in [1.29, 1.82) is 0 Å². The molecule has 1 aromatic carbocycles. The maximum atomic E-state index is 11.8. The van der Waals surface area contributed by atoms with Gasteiger partial charge < -0.3 is 20.9 Å². The average molecular weight is 290 g/mol. The molecule has 2 fully saturated rings. The minimum Gasteiger partial charge on any atom is -0.488 e. The van der Waals surface area contributed by atoms with Gasteiger partial charge in [0, 0.05) is 5.69 Å². The van der Waals surface area contributed by atoms with Crippen molar-refractivity contribution in [3.63, 3.8) is 0 Å². The number of aliphatic hydroxyl groups is 1. The van der Waals surface area contributed by atoms with Crippen LogP contribution in [0.2, 0.25) is 0 Å². The maximum Gasteiger partial charge on any atom is 0.244 e. The number of rotatable bonds is 4. The van der Waals surface area contributed by atoms with Crippen molar-refractivity contribution in [3.8, 4) is 5.75 Å². The van der Waals surface area contributed by atoms with E-state index in [1.165, 1.54) is 0 Å². The van der Waals surface area contributed by atoms with Gasteiger partial charge in [-0.25, -0.2) is 0 Å². The summed E-state index contributed by atoms with van der Waals surface area (Å²) in [7, 11) is 0. The number of nitrogens with one attached hydrogen (secondary N) is 1. The Morgan fingerprint density at radius 1 is 1.24 bits per heavy atom. The molecule has 2 unspecified atom stereocenters. The third-order valence-electron chi connectivity index (χ3n) is 4.31. The molecular weight excluding hydrogens is 268 g/mol. The zero-order valence-corrected chi connectivity index (χ0v) is 12.0. The van der Waals surface area contributed by atoms with Crippen molar-refractivity contribution in [2.45, 2.75) is 56.3 Å². The van der Waals surface area contributed by atoms with Crippen LogP contribution in [0.1, 0.15) is 38.5 Å². The second kappa shape index (κ2) is 5.66. The molecular formula is C16H22N2O3. The Bertz CT molecular complexity index is 511. The van der Waals surface area contributed by atoms with Gasteiger partial charge >= 0.3 is 0 Å². The number of ether oxygens (including phenoxy) is 1. The van der Waals surface area contributed by atoms with E-state index in [1.807, 2.05) is 12.1 Å². The van der Waals surface area contributed by atoms with Crippen molar-refractivity contribution in [3.05, 3.63) is 24.3 Å². The monoisotopic (exact) mass is 290 g/mol. The van der Waals surface area contributed by atoms with Gasteiger partial charge in [0.25, 0.3) is 0 Å². The van der Waals surface area contributed by atoms with Crippen LogP contribution in [0.25, 0.3) is 0 Å². The summed E-state index contributed by atoms with van der Waals surface area (Å²) in [6.07, 6.45) is 4.83. The molecule has 2 aliphatic rings. The van der Waals surface area contributed by atoms with E-state index in [0.29, 0.717) is 11.4 Å². The molecule has 2 atom stereocenters. The number of aliphatic hydroxyl groups excluding tert-OH is 1. The fraction of sp³-hybridized carbons (Fsp3) is 0.562. The molecule has 1 amide bonds. The van der Waals surface area contributed by atoms with Crippen LogP contribution in [0, 0.1) is 0 Å². The summed E-state index contributed by atoms with van der Waals surface area (Å²) in [5.41, 5.74) is 5.89. The zero-order chi connectivity index (χ0) is 14.9. The summed E-state index contributed by atoms with van der Waals surface area (Å²) in [5.74, 6) is 0.590. The molecule has 5 heteroatoms. The van der Waals surface area contributed by atoms with Crippen LogP contribution >= 0.6 is 0 Å². The lowest BCUT2D eigenvalue weighted by atomic mass is 9.95. The third-order valence-corrected chi connectivity index (χ3v) is 4.31. The lowest BCUT2D eigenvalue weighted by molar-refractivity contribution is -0.118. The van der Waals surface area contributed by atoms with Crippen molar-refractivity contribution >= 4 is 11.6 Å². The first-order valence-corrected chi connectivity index (χ1v) is 7.62. The van der Waals surface area contributed by atoms with Gasteiger partial charge in [-0.2, -0.15) is 0 Å². The summed E-state index contributed by atoms with van der Waals surface area (Å²) in [5, 5.41) is 12.7. The highest BCUT2D eigenvalue weighted by molar-refractivity contribution is 6.00. The SMILES string of the molecule is NC1(C(=O)Nc2ccc(OC3CCCCC3O)cc2)CC1.